The van der Waals surface area contributed by atoms with Gasteiger partial charge in [0.1, 0.15) is 0 Å². The van der Waals surface area contributed by atoms with Crippen LogP contribution in [0, 0.1) is 0 Å². The van der Waals surface area contributed by atoms with Gasteiger partial charge in [0, 0.05) is 65.3 Å². The highest BCUT2D eigenvalue weighted by Gasteiger charge is 2.37. The number of nitrogens with zero attached hydrogens (tertiary/aromatic N) is 2. The maximum atomic E-state index is 14.3. The third-order valence-corrected chi connectivity index (χ3v) is 17.3. The highest BCUT2D eigenvalue weighted by molar-refractivity contribution is 9.10. The second-order valence-electron chi connectivity index (χ2n) is 17.5. The van der Waals surface area contributed by atoms with Crippen molar-refractivity contribution in [2.75, 3.05) is 9.80 Å². The summed E-state index contributed by atoms with van der Waals surface area (Å²) < 4.78 is 55.1. The van der Waals surface area contributed by atoms with Crippen molar-refractivity contribution in [3.8, 4) is 0 Å². The predicted molar refractivity (Wildman–Crippen MR) is 304 cm³/mol. The van der Waals surface area contributed by atoms with Crippen LogP contribution in [0.25, 0.3) is 0 Å². The summed E-state index contributed by atoms with van der Waals surface area (Å²) in [6.45, 7) is 0. The van der Waals surface area contributed by atoms with Gasteiger partial charge in [-0.3, -0.25) is 9.59 Å². The zero-order valence-corrected chi connectivity index (χ0v) is 44.7. The Morgan fingerprint density at radius 1 is 0.293 bits per heavy atom. The van der Waals surface area contributed by atoms with Gasteiger partial charge in [-0.1, -0.05) is 165 Å². The number of ketones is 2. The van der Waals surface area contributed by atoms with Crippen LogP contribution in [-0.2, 0) is 26.1 Å². The molecule has 12 heteroatoms. The molecule has 0 aromatic heterocycles. The van der Waals surface area contributed by atoms with Gasteiger partial charge in [0.15, 0.2) is 11.6 Å². The van der Waals surface area contributed by atoms with Gasteiger partial charge in [0.25, 0.3) is 0 Å². The number of sulfone groups is 2. The molecule has 0 unspecified atom stereocenters. The minimum absolute atomic E-state index is 0.00230. The van der Waals surface area contributed by atoms with E-state index in [2.05, 4.69) is 92.5 Å². The summed E-state index contributed by atoms with van der Waals surface area (Å²) in [5.74, 6) is -0.574. The van der Waals surface area contributed by atoms with Crippen LogP contribution in [0.3, 0.4) is 0 Å². The number of benzene rings is 10. The molecule has 12 rings (SSSR count). The molecule has 0 saturated carbocycles. The Bertz CT molecular complexity index is 3630. The van der Waals surface area contributed by atoms with E-state index in [0.29, 0.717) is 20.3 Å². The molecule has 368 valence electrons. The third kappa shape index (κ3) is 10.6. The van der Waals surface area contributed by atoms with Crippen molar-refractivity contribution >= 4 is 97.2 Å². The molecule has 10 aromatic rings. The molecule has 0 fully saturated rings. The van der Waals surface area contributed by atoms with Crippen molar-refractivity contribution in [2.24, 2.45) is 0 Å². The highest BCUT2D eigenvalue weighted by atomic mass is 79.9. The van der Waals surface area contributed by atoms with Gasteiger partial charge in [-0.25, -0.2) is 16.8 Å². The van der Waals surface area contributed by atoms with Crippen LogP contribution in [0.15, 0.2) is 283 Å². The van der Waals surface area contributed by atoms with Gasteiger partial charge >= 0.3 is 0 Å². The smallest absolute Gasteiger partial charge is 0.208 e. The average molecular weight is 1150 g/mol. The molecular formula is C63H44Br2N2O6S2. The van der Waals surface area contributed by atoms with E-state index in [-0.39, 0.29) is 53.4 Å². The number of rotatable bonds is 8. The largest absolute Gasteiger partial charge is 0.310 e. The minimum atomic E-state index is -4.05. The Kier molecular flexibility index (Phi) is 14.7. The quantitative estimate of drug-likeness (QED) is 0.148. The lowest BCUT2D eigenvalue weighted by Gasteiger charge is -2.29. The lowest BCUT2D eigenvalue weighted by molar-refractivity contribution is 0.102. The number of anilines is 6. The number of carbonyl (C=O) groups excluding carboxylic acids is 2. The van der Waals surface area contributed by atoms with Crippen LogP contribution in [0.2, 0.25) is 0 Å². The van der Waals surface area contributed by atoms with E-state index in [1.165, 1.54) is 35.4 Å². The maximum absolute atomic E-state index is 14.3. The summed E-state index contributed by atoms with van der Waals surface area (Å²) in [4.78, 5) is 30.2. The fraction of sp³-hybridized carbons (Fsp3) is 0.0159. The molecule has 0 spiro atoms. The first-order valence-electron chi connectivity index (χ1n) is 23.7. The Hall–Kier alpha value is -8.00. The number of para-hydroxylation sites is 4. The monoisotopic (exact) mass is 1150 g/mol. The number of hydrogen-bond donors (Lipinski definition) is 0. The van der Waals surface area contributed by atoms with Crippen molar-refractivity contribution < 1.29 is 26.4 Å². The average Bonchev–Trinajstić information content (AvgIpc) is 3.44. The Morgan fingerprint density at radius 2 is 0.547 bits per heavy atom. The van der Waals surface area contributed by atoms with Crippen molar-refractivity contribution in [3.63, 3.8) is 0 Å². The molecule has 0 atom stereocenters. The van der Waals surface area contributed by atoms with Crippen LogP contribution >= 0.6 is 31.9 Å². The Labute approximate surface area is 453 Å². The van der Waals surface area contributed by atoms with Crippen molar-refractivity contribution in [3.05, 3.63) is 297 Å². The molecule has 10 aromatic carbocycles. The standard InChI is InChI=1S/C37H26N2O3S.C13H6Br2O3S.C13H12/c40-37-33-23-21-31(38(27-13-5-1-6-14-27)28-15-7-2-8-16-28)25-35(33)43(41,42)36-26-32(22-24-34(36)37)39(29-17-9-3-10-18-29)30-19-11-4-12-20-30;14-7-1-3-9-11(5-7)19(17,18)12-6-8(15)2-4-10(12)13(9)16;1-3-7-12(8-4-1)11-13-9-5-2-6-10-13/h1-26H;1-6H;1-10H,11H2. The molecule has 2 aliphatic heterocycles. The number of fused-ring (bicyclic) bond motifs is 4. The van der Waals surface area contributed by atoms with Crippen LogP contribution in [-0.4, -0.2) is 28.4 Å². The number of carbonyl (C=O) groups is 2. The van der Waals surface area contributed by atoms with Crippen LogP contribution < -0.4 is 9.80 Å². The van der Waals surface area contributed by atoms with Crippen molar-refractivity contribution in [2.45, 2.75) is 26.0 Å². The fourth-order valence-corrected chi connectivity index (χ4v) is 13.5. The summed E-state index contributed by atoms with van der Waals surface area (Å²) in [5, 5.41) is 0. The summed E-state index contributed by atoms with van der Waals surface area (Å²) in [5.41, 5.74) is 8.30. The maximum Gasteiger partial charge on any atom is 0.208 e. The zero-order valence-electron chi connectivity index (χ0n) is 39.9. The van der Waals surface area contributed by atoms with E-state index in [1.54, 1.807) is 48.5 Å². The summed E-state index contributed by atoms with van der Waals surface area (Å²) in [7, 11) is -7.71. The summed E-state index contributed by atoms with van der Waals surface area (Å²) in [6, 6.07) is 79.5. The fourth-order valence-electron chi connectivity index (χ4n) is 9.09. The van der Waals surface area contributed by atoms with Crippen molar-refractivity contribution in [1.82, 2.24) is 0 Å². The molecule has 0 aliphatic carbocycles. The molecule has 75 heavy (non-hydrogen) atoms. The first-order valence-corrected chi connectivity index (χ1v) is 28.3. The van der Waals surface area contributed by atoms with E-state index >= 15 is 0 Å². The van der Waals surface area contributed by atoms with Crippen LogP contribution in [0.1, 0.15) is 43.0 Å². The van der Waals surface area contributed by atoms with E-state index in [9.17, 15) is 26.4 Å². The van der Waals surface area contributed by atoms with Gasteiger partial charge in [0.05, 0.1) is 19.6 Å². The molecule has 0 amide bonds. The number of halogens is 2. The topological polar surface area (TPSA) is 109 Å². The first-order chi connectivity index (χ1) is 36.4. The molecule has 2 aliphatic rings. The van der Waals surface area contributed by atoms with Crippen LogP contribution in [0.5, 0.6) is 0 Å². The molecule has 0 N–H and O–H groups in total. The van der Waals surface area contributed by atoms with Gasteiger partial charge in [0.2, 0.25) is 19.7 Å². The highest BCUT2D eigenvalue weighted by Crippen LogP contribution is 2.44. The Balaban J connectivity index is 0.000000163. The van der Waals surface area contributed by atoms with Crippen molar-refractivity contribution in [1.29, 1.82) is 0 Å². The molecule has 0 bridgehead atoms. The second-order valence-corrected chi connectivity index (χ2v) is 23.1. The molecule has 8 nitrogen and oxygen atoms in total. The van der Waals surface area contributed by atoms with Gasteiger partial charge in [-0.05, 0) is 139 Å². The zero-order chi connectivity index (χ0) is 52.1. The third-order valence-electron chi connectivity index (χ3n) is 12.6. The van der Waals surface area contributed by atoms with Crippen LogP contribution in [0.4, 0.5) is 34.1 Å². The van der Waals surface area contributed by atoms with E-state index in [4.69, 9.17) is 0 Å². The second kappa shape index (κ2) is 21.8. The van der Waals surface area contributed by atoms with E-state index in [0.717, 1.165) is 29.2 Å². The van der Waals surface area contributed by atoms with Gasteiger partial charge < -0.3 is 9.80 Å². The van der Waals surface area contributed by atoms with Gasteiger partial charge in [-0.2, -0.15) is 0 Å². The summed E-state index contributed by atoms with van der Waals surface area (Å²) >= 11 is 6.46. The molecule has 0 saturated heterocycles. The van der Waals surface area contributed by atoms with E-state index in [1.807, 2.05) is 131 Å². The van der Waals surface area contributed by atoms with E-state index < -0.39 is 19.7 Å². The molecule has 2 heterocycles. The minimum Gasteiger partial charge on any atom is -0.310 e. The van der Waals surface area contributed by atoms with Gasteiger partial charge in [-0.15, -0.1) is 0 Å². The number of hydrogen-bond acceptors (Lipinski definition) is 8. The molecule has 0 radical (unpaired) electrons. The summed E-state index contributed by atoms with van der Waals surface area (Å²) in [6.07, 6.45) is 1.03. The first kappa shape index (κ1) is 50.5. The Morgan fingerprint density at radius 3 is 0.840 bits per heavy atom. The SMILES string of the molecule is O=C1c2ccc(Br)cc2S(=O)(=O)c2cc(Br)ccc21.O=C1c2ccc(N(c3ccccc3)c3ccccc3)cc2S(=O)(=O)c2cc(N(c3ccccc3)c3ccccc3)ccc21.c1ccc(Cc2ccccc2)cc1. The normalized spacial score (nSPS) is 13.2. The molecular weight excluding hydrogens is 1100 g/mol. The lowest BCUT2D eigenvalue weighted by atomic mass is 10.0. The predicted octanol–water partition coefficient (Wildman–Crippen LogP) is 15.9. The lowest BCUT2D eigenvalue weighted by Crippen LogP contribution is -2.22.